The van der Waals surface area contributed by atoms with Gasteiger partial charge in [0, 0.05) is 12.0 Å². The second kappa shape index (κ2) is 5.95. The van der Waals surface area contributed by atoms with Gasteiger partial charge in [0.15, 0.2) is 0 Å². The number of aliphatic carboxylic acids is 1. The van der Waals surface area contributed by atoms with Gasteiger partial charge in [-0.25, -0.2) is 9.59 Å². The molecular formula is C9H16N4O4. The van der Waals surface area contributed by atoms with Crippen molar-refractivity contribution in [3.8, 4) is 0 Å². The topological polar surface area (TPSA) is 116 Å². The molecule has 0 aromatic rings. The van der Waals surface area contributed by atoms with E-state index in [1.807, 2.05) is 0 Å². The Morgan fingerprint density at radius 3 is 2.41 bits per heavy atom. The molecule has 1 atom stereocenters. The minimum atomic E-state index is -1.26. The highest BCUT2D eigenvalue weighted by Crippen LogP contribution is 2.11. The number of hydrogen-bond acceptors (Lipinski definition) is 4. The van der Waals surface area contributed by atoms with Crippen LogP contribution in [-0.2, 0) is 9.53 Å². The van der Waals surface area contributed by atoms with Crippen molar-refractivity contribution in [1.29, 1.82) is 0 Å². The van der Waals surface area contributed by atoms with E-state index in [2.05, 4.69) is 10.0 Å². The highest BCUT2D eigenvalue weighted by molar-refractivity contribution is 5.80. The van der Waals surface area contributed by atoms with Crippen LogP contribution in [0, 0.1) is 0 Å². The Morgan fingerprint density at radius 1 is 1.53 bits per heavy atom. The fourth-order valence-electron chi connectivity index (χ4n) is 0.941. The molecule has 1 amide bonds. The van der Waals surface area contributed by atoms with Gasteiger partial charge < -0.3 is 9.84 Å². The fraction of sp³-hybridized carbons (Fsp3) is 0.778. The number of carbonyl (C=O) groups excluding carboxylic acids is 1. The van der Waals surface area contributed by atoms with Gasteiger partial charge in [-0.05, 0) is 26.3 Å². The minimum Gasteiger partial charge on any atom is -0.480 e. The predicted octanol–water partition coefficient (Wildman–Crippen LogP) is 1.62. The third-order valence-electron chi connectivity index (χ3n) is 1.75. The average Bonchev–Trinajstić information content (AvgIpc) is 2.14. The van der Waals surface area contributed by atoms with E-state index in [4.69, 9.17) is 15.4 Å². The fourth-order valence-corrected chi connectivity index (χ4v) is 0.941. The summed E-state index contributed by atoms with van der Waals surface area (Å²) in [5.41, 5.74) is 7.42. The predicted molar refractivity (Wildman–Crippen MR) is 59.4 cm³/mol. The Bertz CT molecular complexity index is 343. The first kappa shape index (κ1) is 15.0. The van der Waals surface area contributed by atoms with Gasteiger partial charge in [0.1, 0.15) is 11.6 Å². The van der Waals surface area contributed by atoms with E-state index < -0.39 is 23.7 Å². The second-order valence-electron chi connectivity index (χ2n) is 4.36. The van der Waals surface area contributed by atoms with Crippen molar-refractivity contribution in [1.82, 2.24) is 4.90 Å². The van der Waals surface area contributed by atoms with Crippen LogP contribution in [-0.4, -0.2) is 47.3 Å². The maximum Gasteiger partial charge on any atom is 0.410 e. The molecule has 17 heavy (non-hydrogen) atoms. The standard InChI is InChI=1S/C9H16N4O4/c1-9(2,3)17-8(16)13(4)6(7(14)15)5-11-12-10/h6H,5H2,1-4H3,(H,14,15). The Hall–Kier alpha value is -1.95. The number of rotatable bonds is 4. The number of carbonyl (C=O) groups is 2. The molecular weight excluding hydrogens is 228 g/mol. The Kier molecular flexibility index (Phi) is 5.27. The molecule has 1 N–H and O–H groups in total. The van der Waals surface area contributed by atoms with E-state index in [1.165, 1.54) is 7.05 Å². The molecule has 0 rings (SSSR count). The number of amides is 1. The van der Waals surface area contributed by atoms with E-state index >= 15 is 0 Å². The first-order chi connectivity index (χ1) is 7.69. The number of azide groups is 1. The second-order valence-corrected chi connectivity index (χ2v) is 4.36. The summed E-state index contributed by atoms with van der Waals surface area (Å²) in [7, 11) is 1.28. The van der Waals surface area contributed by atoms with Gasteiger partial charge in [0.2, 0.25) is 0 Å². The lowest BCUT2D eigenvalue weighted by molar-refractivity contribution is -0.142. The first-order valence-electron chi connectivity index (χ1n) is 4.88. The summed E-state index contributed by atoms with van der Waals surface area (Å²) < 4.78 is 5.00. The van der Waals surface area contributed by atoms with Crippen LogP contribution < -0.4 is 0 Å². The van der Waals surface area contributed by atoms with Gasteiger partial charge in [-0.3, -0.25) is 4.90 Å². The lowest BCUT2D eigenvalue weighted by Crippen LogP contribution is -2.46. The van der Waals surface area contributed by atoms with Crippen LogP contribution in [0.1, 0.15) is 20.8 Å². The molecule has 0 saturated heterocycles. The number of carboxylic acids is 1. The zero-order valence-corrected chi connectivity index (χ0v) is 10.2. The van der Waals surface area contributed by atoms with E-state index in [1.54, 1.807) is 20.8 Å². The quantitative estimate of drug-likeness (QED) is 0.459. The van der Waals surface area contributed by atoms with Crippen LogP contribution in [0.4, 0.5) is 4.79 Å². The highest BCUT2D eigenvalue weighted by atomic mass is 16.6. The van der Waals surface area contributed by atoms with Crippen molar-refractivity contribution in [2.24, 2.45) is 5.11 Å². The molecule has 0 aliphatic heterocycles. The van der Waals surface area contributed by atoms with Gasteiger partial charge in [0.25, 0.3) is 0 Å². The smallest absolute Gasteiger partial charge is 0.410 e. The van der Waals surface area contributed by atoms with Gasteiger partial charge in [-0.15, -0.1) is 0 Å². The van der Waals surface area contributed by atoms with Gasteiger partial charge >= 0.3 is 12.1 Å². The van der Waals surface area contributed by atoms with Crippen LogP contribution in [0.3, 0.4) is 0 Å². The van der Waals surface area contributed by atoms with Crippen molar-refractivity contribution in [3.63, 3.8) is 0 Å². The van der Waals surface area contributed by atoms with E-state index in [-0.39, 0.29) is 6.54 Å². The molecule has 8 nitrogen and oxygen atoms in total. The molecule has 0 aromatic carbocycles. The Labute approximate surface area is 98.8 Å². The molecule has 0 radical (unpaired) electrons. The van der Waals surface area contributed by atoms with E-state index in [9.17, 15) is 9.59 Å². The Balaban J connectivity index is 4.72. The number of ether oxygens (including phenoxy) is 1. The SMILES string of the molecule is CN(C(=O)OC(C)(C)C)C(CN=[N+]=[N-])C(=O)O. The maximum absolute atomic E-state index is 11.6. The van der Waals surface area contributed by atoms with E-state index in [0.717, 1.165) is 4.90 Å². The average molecular weight is 244 g/mol. The third kappa shape index (κ3) is 5.62. The molecule has 0 aliphatic carbocycles. The van der Waals surface area contributed by atoms with Gasteiger partial charge in [-0.2, -0.15) is 0 Å². The third-order valence-corrected chi connectivity index (χ3v) is 1.75. The van der Waals surface area contributed by atoms with Crippen molar-refractivity contribution in [2.75, 3.05) is 13.6 Å². The summed E-state index contributed by atoms with van der Waals surface area (Å²) in [6.07, 6.45) is -0.780. The van der Waals surface area contributed by atoms with Crippen molar-refractivity contribution in [3.05, 3.63) is 10.4 Å². The van der Waals surface area contributed by atoms with Crippen LogP contribution in [0.15, 0.2) is 5.11 Å². The number of nitrogens with zero attached hydrogens (tertiary/aromatic N) is 4. The normalized spacial score (nSPS) is 12.2. The van der Waals surface area contributed by atoms with Crippen molar-refractivity contribution in [2.45, 2.75) is 32.4 Å². The molecule has 8 heteroatoms. The first-order valence-corrected chi connectivity index (χ1v) is 4.88. The summed E-state index contributed by atoms with van der Waals surface area (Å²) in [6.45, 7) is 4.66. The van der Waals surface area contributed by atoms with Crippen LogP contribution in [0.2, 0.25) is 0 Å². The molecule has 0 bridgehead atoms. The summed E-state index contributed by atoms with van der Waals surface area (Å²) in [5.74, 6) is -1.26. The molecule has 0 spiro atoms. The lowest BCUT2D eigenvalue weighted by atomic mass is 10.2. The molecule has 0 heterocycles. The summed E-state index contributed by atoms with van der Waals surface area (Å²) in [5, 5.41) is 12.0. The molecule has 0 fully saturated rings. The Morgan fingerprint density at radius 2 is 2.06 bits per heavy atom. The molecule has 0 aliphatic rings. The van der Waals surface area contributed by atoms with Crippen LogP contribution in [0.5, 0.6) is 0 Å². The summed E-state index contributed by atoms with van der Waals surface area (Å²) in [6, 6.07) is -1.24. The highest BCUT2D eigenvalue weighted by Gasteiger charge is 2.29. The van der Waals surface area contributed by atoms with Crippen LogP contribution in [0.25, 0.3) is 10.4 Å². The summed E-state index contributed by atoms with van der Waals surface area (Å²) >= 11 is 0. The molecule has 1 unspecified atom stereocenters. The van der Waals surface area contributed by atoms with E-state index in [0.29, 0.717) is 0 Å². The van der Waals surface area contributed by atoms with Gasteiger partial charge in [-0.1, -0.05) is 5.11 Å². The van der Waals surface area contributed by atoms with Crippen molar-refractivity contribution >= 4 is 12.1 Å². The summed E-state index contributed by atoms with van der Waals surface area (Å²) in [4.78, 5) is 25.8. The molecule has 0 aromatic heterocycles. The van der Waals surface area contributed by atoms with Crippen LogP contribution >= 0.6 is 0 Å². The van der Waals surface area contributed by atoms with Crippen molar-refractivity contribution < 1.29 is 19.4 Å². The zero-order valence-electron chi connectivity index (χ0n) is 10.2. The lowest BCUT2D eigenvalue weighted by Gasteiger charge is -2.27. The monoisotopic (exact) mass is 244 g/mol. The number of likely N-dealkylation sites (N-methyl/N-ethyl adjacent to an activating group) is 1. The zero-order chi connectivity index (χ0) is 13.6. The number of hydrogen-bond donors (Lipinski definition) is 1. The van der Waals surface area contributed by atoms with Gasteiger partial charge in [0.05, 0.1) is 6.54 Å². The maximum atomic E-state index is 11.6. The largest absolute Gasteiger partial charge is 0.480 e. The molecule has 0 saturated carbocycles. The molecule has 96 valence electrons. The number of carboxylic acid groups (broad SMARTS) is 1. The minimum absolute atomic E-state index is 0.346.